The number of nitrogen functional groups attached to an aromatic ring is 1. The van der Waals surface area contributed by atoms with Gasteiger partial charge in [-0.05, 0) is 52.0 Å². The zero-order valence-corrected chi connectivity index (χ0v) is 12.2. The second-order valence-corrected chi connectivity index (χ2v) is 8.12. The Hall–Kier alpha value is -1.07. The van der Waals surface area contributed by atoms with Gasteiger partial charge in [0.05, 0.1) is 0 Å². The fourth-order valence-corrected chi connectivity index (χ4v) is 5.27. The summed E-state index contributed by atoms with van der Waals surface area (Å²) >= 11 is 0. The second kappa shape index (κ2) is 3.71. The van der Waals surface area contributed by atoms with Gasteiger partial charge >= 0.3 is 10.0 Å². The number of nitrogens with zero attached hydrogens (tertiary/aromatic N) is 1. The van der Waals surface area contributed by atoms with Crippen molar-refractivity contribution in [1.82, 2.24) is 0 Å². The smallest absolute Gasteiger partial charge is 0.328 e. The first-order valence-electron chi connectivity index (χ1n) is 6.11. The van der Waals surface area contributed by atoms with Crippen LogP contribution in [-0.2, 0) is 10.0 Å². The summed E-state index contributed by atoms with van der Waals surface area (Å²) in [6.07, 6.45) is 0. The van der Waals surface area contributed by atoms with Crippen molar-refractivity contribution in [3.05, 3.63) is 24.3 Å². The number of benzene rings is 1. The molecular weight excluding hydrogens is 248 g/mol. The molecule has 0 saturated carbocycles. The van der Waals surface area contributed by atoms with E-state index < -0.39 is 10.0 Å². The van der Waals surface area contributed by atoms with Crippen LogP contribution in [0, 0.1) is 0 Å². The van der Waals surface area contributed by atoms with Gasteiger partial charge in [0.1, 0.15) is 17.0 Å². The molecule has 2 N–H and O–H groups in total. The van der Waals surface area contributed by atoms with Gasteiger partial charge in [-0.25, -0.2) is 0 Å². The highest BCUT2D eigenvalue weighted by molar-refractivity contribution is 7.86. The molecule has 2 rings (SSSR count). The molecule has 0 aromatic heterocycles. The lowest BCUT2D eigenvalue weighted by Gasteiger charge is -2.32. The van der Waals surface area contributed by atoms with Gasteiger partial charge in [-0.2, -0.15) is 12.3 Å². The Kier molecular flexibility index (Phi) is 2.76. The van der Waals surface area contributed by atoms with Crippen molar-refractivity contribution >= 4 is 15.7 Å². The maximum atomic E-state index is 12.8. The molecule has 0 bridgehead atoms. The molecule has 0 radical (unpaired) electrons. The summed E-state index contributed by atoms with van der Waals surface area (Å²) in [7, 11) is -3.37. The number of sulfonamides is 1. The highest BCUT2D eigenvalue weighted by atomic mass is 32.2. The Morgan fingerprint density at radius 1 is 1.22 bits per heavy atom. The number of anilines is 1. The Bertz CT molecular complexity index is 558. The quantitative estimate of drug-likeness (QED) is 0.507. The van der Waals surface area contributed by atoms with E-state index in [4.69, 9.17) is 5.73 Å². The highest BCUT2D eigenvalue weighted by Crippen LogP contribution is 2.47. The molecule has 1 aliphatic rings. The minimum atomic E-state index is -3.37. The average molecular weight is 269 g/mol. The molecule has 1 fully saturated rings. The van der Waals surface area contributed by atoms with Gasteiger partial charge in [0.15, 0.2) is 6.04 Å². The van der Waals surface area contributed by atoms with E-state index >= 15 is 0 Å². The summed E-state index contributed by atoms with van der Waals surface area (Å²) in [5.41, 5.74) is 5.87. The van der Waals surface area contributed by atoms with Crippen LogP contribution in [0.25, 0.3) is 0 Å². The van der Waals surface area contributed by atoms with Crippen LogP contribution in [0.1, 0.15) is 27.7 Å². The van der Waals surface area contributed by atoms with Gasteiger partial charge in [0, 0.05) is 5.69 Å². The third-order valence-electron chi connectivity index (χ3n) is 3.86. The van der Waals surface area contributed by atoms with Crippen molar-refractivity contribution in [3.8, 4) is 0 Å². The molecule has 1 aliphatic heterocycles. The van der Waals surface area contributed by atoms with E-state index in [1.165, 1.54) is 0 Å². The lowest BCUT2D eigenvalue weighted by atomic mass is 10.1. The maximum absolute atomic E-state index is 12.8. The first kappa shape index (κ1) is 13.4. The monoisotopic (exact) mass is 269 g/mol. The van der Waals surface area contributed by atoms with Crippen molar-refractivity contribution < 1.29 is 12.3 Å². The van der Waals surface area contributed by atoms with Crippen LogP contribution in [-0.4, -0.2) is 30.4 Å². The SMILES string of the molecule is CC1C[N+]1(C(C)(C)C)S(=O)(=O)c1ccc(N)cc1. The fourth-order valence-electron chi connectivity index (χ4n) is 2.80. The van der Waals surface area contributed by atoms with Gasteiger partial charge < -0.3 is 5.73 Å². The Labute approximate surface area is 109 Å². The molecule has 1 saturated heterocycles. The Morgan fingerprint density at radius 2 is 1.67 bits per heavy atom. The van der Waals surface area contributed by atoms with Crippen LogP contribution in [0.15, 0.2) is 29.2 Å². The number of hydrogen-bond donors (Lipinski definition) is 1. The van der Waals surface area contributed by atoms with Crippen LogP contribution in [0.2, 0.25) is 0 Å². The predicted molar refractivity (Wildman–Crippen MR) is 72.4 cm³/mol. The van der Waals surface area contributed by atoms with Crippen molar-refractivity contribution in [2.24, 2.45) is 0 Å². The molecule has 2 unspecified atom stereocenters. The summed E-state index contributed by atoms with van der Waals surface area (Å²) < 4.78 is 25.8. The molecule has 1 aromatic carbocycles. The number of quaternary nitrogens is 1. The summed E-state index contributed by atoms with van der Waals surface area (Å²) in [6, 6.07) is 6.62. The summed E-state index contributed by atoms with van der Waals surface area (Å²) in [4.78, 5) is 0.357. The first-order valence-corrected chi connectivity index (χ1v) is 7.55. The second-order valence-electron chi connectivity index (χ2n) is 6.04. The molecule has 2 atom stereocenters. The lowest BCUT2D eigenvalue weighted by Crippen LogP contribution is -2.50. The highest BCUT2D eigenvalue weighted by Gasteiger charge is 2.68. The van der Waals surface area contributed by atoms with Crippen molar-refractivity contribution in [3.63, 3.8) is 0 Å². The van der Waals surface area contributed by atoms with Crippen molar-refractivity contribution in [2.45, 2.75) is 44.2 Å². The van der Waals surface area contributed by atoms with Gasteiger partial charge in [-0.1, -0.05) is 0 Å². The van der Waals surface area contributed by atoms with E-state index in [0.717, 1.165) is 0 Å². The Morgan fingerprint density at radius 3 is 2.00 bits per heavy atom. The van der Waals surface area contributed by atoms with E-state index in [1.807, 2.05) is 27.7 Å². The molecule has 0 aliphatic carbocycles. The van der Waals surface area contributed by atoms with Gasteiger partial charge in [-0.3, -0.25) is 0 Å². The molecule has 0 spiro atoms. The third kappa shape index (κ3) is 1.65. The normalized spacial score (nSPS) is 28.1. The molecule has 100 valence electrons. The van der Waals surface area contributed by atoms with Gasteiger partial charge in [-0.15, -0.1) is 0 Å². The molecule has 1 heterocycles. The minimum Gasteiger partial charge on any atom is -0.399 e. The lowest BCUT2D eigenvalue weighted by molar-refractivity contribution is -0.736. The first-order chi connectivity index (χ1) is 8.13. The number of hydrogen-bond acceptors (Lipinski definition) is 3. The third-order valence-corrected chi connectivity index (χ3v) is 6.64. The van der Waals surface area contributed by atoms with Crippen molar-refractivity contribution in [1.29, 1.82) is 0 Å². The van der Waals surface area contributed by atoms with E-state index in [1.54, 1.807) is 24.3 Å². The minimum absolute atomic E-state index is 0.129. The standard InChI is InChI=1S/C13H21N2O2S/c1-10-9-15(10,13(2,3)4)18(16,17)12-7-5-11(14)6-8-12/h5-8,10H,9,14H2,1-4H3/q+1. The topological polar surface area (TPSA) is 60.2 Å². The summed E-state index contributed by atoms with van der Waals surface area (Å²) in [6.45, 7) is 8.60. The number of nitrogens with two attached hydrogens (primary N) is 1. The molecular formula is C13H21N2O2S+. The zero-order chi connectivity index (χ0) is 13.8. The molecule has 18 heavy (non-hydrogen) atoms. The average Bonchev–Trinajstić information content (AvgIpc) is 2.92. The summed E-state index contributed by atoms with van der Waals surface area (Å²) in [5.74, 6) is 0. The van der Waals surface area contributed by atoms with E-state index in [-0.39, 0.29) is 15.5 Å². The van der Waals surface area contributed by atoms with Crippen LogP contribution in [0.3, 0.4) is 0 Å². The largest absolute Gasteiger partial charge is 0.399 e. The van der Waals surface area contributed by atoms with Crippen LogP contribution >= 0.6 is 0 Å². The van der Waals surface area contributed by atoms with Crippen molar-refractivity contribution in [2.75, 3.05) is 12.3 Å². The molecule has 5 heteroatoms. The maximum Gasteiger partial charge on any atom is 0.328 e. The van der Waals surface area contributed by atoms with E-state index in [2.05, 4.69) is 0 Å². The van der Waals surface area contributed by atoms with Crippen LogP contribution < -0.4 is 5.73 Å². The van der Waals surface area contributed by atoms with E-state index in [0.29, 0.717) is 17.1 Å². The van der Waals surface area contributed by atoms with Gasteiger partial charge in [0.2, 0.25) is 0 Å². The molecule has 1 aromatic rings. The van der Waals surface area contributed by atoms with E-state index in [9.17, 15) is 8.42 Å². The van der Waals surface area contributed by atoms with Gasteiger partial charge in [0.25, 0.3) is 0 Å². The number of rotatable bonds is 2. The molecule has 4 nitrogen and oxygen atoms in total. The zero-order valence-electron chi connectivity index (χ0n) is 11.3. The van der Waals surface area contributed by atoms with Crippen LogP contribution in [0.5, 0.6) is 0 Å². The van der Waals surface area contributed by atoms with Crippen LogP contribution in [0.4, 0.5) is 5.69 Å². The summed E-state index contributed by atoms with van der Waals surface area (Å²) in [5, 5.41) is 0. The fraction of sp³-hybridized carbons (Fsp3) is 0.538. The Balaban J connectivity index is 2.53. The molecule has 0 amide bonds. The predicted octanol–water partition coefficient (Wildman–Crippen LogP) is 1.97.